The van der Waals surface area contributed by atoms with Gasteiger partial charge in [-0.05, 0) is 49.7 Å². The van der Waals surface area contributed by atoms with E-state index in [-0.39, 0.29) is 24.2 Å². The molecule has 28 heavy (non-hydrogen) atoms. The number of halogens is 1. The highest BCUT2D eigenvalue weighted by Crippen LogP contribution is 2.17. The van der Waals surface area contributed by atoms with E-state index in [1.807, 2.05) is 32.0 Å². The molecule has 0 heterocycles. The lowest BCUT2D eigenvalue weighted by atomic mass is 10.1. The van der Waals surface area contributed by atoms with E-state index in [9.17, 15) is 14.0 Å². The molecule has 0 bridgehead atoms. The highest BCUT2D eigenvalue weighted by atomic mass is 19.1. The van der Waals surface area contributed by atoms with Gasteiger partial charge in [-0.1, -0.05) is 42.0 Å². The quantitative estimate of drug-likeness (QED) is 0.682. The lowest BCUT2D eigenvalue weighted by Crippen LogP contribution is -2.24. The Hall–Kier alpha value is -3.47. The summed E-state index contributed by atoms with van der Waals surface area (Å²) in [4.78, 5) is 24.9. The van der Waals surface area contributed by atoms with Crippen molar-refractivity contribution in [3.05, 3.63) is 100 Å². The van der Waals surface area contributed by atoms with Crippen molar-refractivity contribution in [1.82, 2.24) is 5.32 Å². The van der Waals surface area contributed by atoms with Crippen LogP contribution in [0.3, 0.4) is 0 Å². The van der Waals surface area contributed by atoms with Gasteiger partial charge in [0.2, 0.25) is 0 Å². The van der Waals surface area contributed by atoms with Crippen molar-refractivity contribution in [2.75, 3.05) is 5.32 Å². The topological polar surface area (TPSA) is 58.2 Å². The summed E-state index contributed by atoms with van der Waals surface area (Å²) in [6.45, 7) is 3.99. The van der Waals surface area contributed by atoms with E-state index < -0.39 is 0 Å². The van der Waals surface area contributed by atoms with Gasteiger partial charge in [0.15, 0.2) is 0 Å². The number of anilines is 1. The first-order chi connectivity index (χ1) is 13.4. The van der Waals surface area contributed by atoms with Crippen molar-refractivity contribution >= 4 is 17.5 Å². The first-order valence-corrected chi connectivity index (χ1v) is 8.94. The molecule has 0 saturated heterocycles. The zero-order valence-corrected chi connectivity index (χ0v) is 15.8. The molecule has 3 rings (SSSR count). The van der Waals surface area contributed by atoms with Crippen LogP contribution in [0.2, 0.25) is 0 Å². The second-order valence-corrected chi connectivity index (χ2v) is 6.63. The molecule has 2 N–H and O–H groups in total. The van der Waals surface area contributed by atoms with Gasteiger partial charge in [0.25, 0.3) is 11.8 Å². The fourth-order valence-electron chi connectivity index (χ4n) is 2.87. The Labute approximate surface area is 163 Å². The second-order valence-electron chi connectivity index (χ2n) is 6.63. The molecule has 0 radical (unpaired) electrons. The van der Waals surface area contributed by atoms with Crippen molar-refractivity contribution in [2.24, 2.45) is 0 Å². The Morgan fingerprint density at radius 3 is 2.29 bits per heavy atom. The van der Waals surface area contributed by atoms with Gasteiger partial charge in [-0.3, -0.25) is 9.59 Å². The Bertz CT molecular complexity index is 1030. The average molecular weight is 376 g/mol. The third kappa shape index (κ3) is 4.62. The summed E-state index contributed by atoms with van der Waals surface area (Å²) in [5.41, 5.74) is 3.92. The van der Waals surface area contributed by atoms with Crippen LogP contribution in [0.1, 0.15) is 37.4 Å². The summed E-state index contributed by atoms with van der Waals surface area (Å²) >= 11 is 0. The molecule has 0 atom stereocenters. The molecule has 0 fully saturated rings. The number of carbonyl (C=O) groups excluding carboxylic acids is 2. The number of carbonyl (C=O) groups is 2. The molecule has 4 nitrogen and oxygen atoms in total. The monoisotopic (exact) mass is 376 g/mol. The Kier molecular flexibility index (Phi) is 5.84. The summed E-state index contributed by atoms with van der Waals surface area (Å²) in [5.74, 6) is -1.04. The molecule has 0 aliphatic carbocycles. The molecule has 0 aliphatic rings. The minimum Gasteiger partial charge on any atom is -0.348 e. The highest BCUT2D eigenvalue weighted by Gasteiger charge is 2.12. The van der Waals surface area contributed by atoms with E-state index >= 15 is 0 Å². The smallest absolute Gasteiger partial charge is 0.255 e. The van der Waals surface area contributed by atoms with Crippen molar-refractivity contribution in [2.45, 2.75) is 20.4 Å². The first-order valence-electron chi connectivity index (χ1n) is 8.94. The Balaban J connectivity index is 1.69. The molecule has 0 unspecified atom stereocenters. The van der Waals surface area contributed by atoms with Crippen LogP contribution in [0.25, 0.3) is 0 Å². The van der Waals surface area contributed by atoms with Crippen molar-refractivity contribution in [3.63, 3.8) is 0 Å². The summed E-state index contributed by atoms with van der Waals surface area (Å²) in [5, 5.41) is 5.54. The third-order valence-electron chi connectivity index (χ3n) is 4.41. The van der Waals surface area contributed by atoms with Crippen molar-refractivity contribution < 1.29 is 14.0 Å². The number of benzene rings is 3. The van der Waals surface area contributed by atoms with Gasteiger partial charge in [0.05, 0.1) is 0 Å². The maximum atomic E-state index is 13.7. The van der Waals surface area contributed by atoms with E-state index in [0.29, 0.717) is 16.7 Å². The largest absolute Gasteiger partial charge is 0.348 e. The van der Waals surface area contributed by atoms with Crippen LogP contribution < -0.4 is 10.6 Å². The van der Waals surface area contributed by atoms with Crippen LogP contribution in [-0.2, 0) is 6.54 Å². The number of hydrogen-bond acceptors (Lipinski definition) is 2. The molecule has 3 aromatic carbocycles. The van der Waals surface area contributed by atoms with Gasteiger partial charge in [0.1, 0.15) is 5.82 Å². The van der Waals surface area contributed by atoms with Crippen molar-refractivity contribution in [3.8, 4) is 0 Å². The van der Waals surface area contributed by atoms with E-state index in [1.165, 1.54) is 12.1 Å². The summed E-state index contributed by atoms with van der Waals surface area (Å²) < 4.78 is 13.7. The van der Waals surface area contributed by atoms with Gasteiger partial charge >= 0.3 is 0 Å². The van der Waals surface area contributed by atoms with Crippen LogP contribution >= 0.6 is 0 Å². The van der Waals surface area contributed by atoms with Crippen LogP contribution in [-0.4, -0.2) is 11.8 Å². The van der Waals surface area contributed by atoms with E-state index in [2.05, 4.69) is 10.6 Å². The molecule has 0 spiro atoms. The lowest BCUT2D eigenvalue weighted by Gasteiger charge is -2.10. The van der Waals surface area contributed by atoms with E-state index in [1.54, 1.807) is 36.4 Å². The van der Waals surface area contributed by atoms with Crippen LogP contribution in [0.4, 0.5) is 10.1 Å². The molecule has 3 aromatic rings. The van der Waals surface area contributed by atoms with E-state index in [4.69, 9.17) is 0 Å². The molecular formula is C23H21FN2O2. The van der Waals surface area contributed by atoms with Crippen LogP contribution in [0.15, 0.2) is 66.7 Å². The normalized spacial score (nSPS) is 10.4. The van der Waals surface area contributed by atoms with Crippen molar-refractivity contribution in [1.29, 1.82) is 0 Å². The van der Waals surface area contributed by atoms with Gasteiger partial charge < -0.3 is 10.6 Å². The molecule has 2 amide bonds. The number of rotatable bonds is 5. The highest BCUT2D eigenvalue weighted by molar-refractivity contribution is 6.06. The first kappa shape index (κ1) is 19.3. The minimum absolute atomic E-state index is 0.0739. The standard InChI is InChI=1S/C23H21FN2O2/c1-15-10-11-21(16(2)12-15)26-23(28)18-8-5-7-17(13-18)22(27)25-14-19-6-3-4-9-20(19)24/h3-13H,14H2,1-2H3,(H,25,27)(H,26,28). The zero-order chi connectivity index (χ0) is 20.1. The van der Waals surface area contributed by atoms with Gasteiger partial charge in [0, 0.05) is 28.9 Å². The summed E-state index contributed by atoms with van der Waals surface area (Å²) in [6, 6.07) is 18.5. The number of hydrogen-bond donors (Lipinski definition) is 2. The maximum Gasteiger partial charge on any atom is 0.255 e. The number of amides is 2. The predicted octanol–water partition coefficient (Wildman–Crippen LogP) is 4.62. The molecule has 0 aromatic heterocycles. The minimum atomic E-state index is -0.371. The molecule has 0 aliphatic heterocycles. The van der Waals surface area contributed by atoms with Crippen LogP contribution in [0.5, 0.6) is 0 Å². The summed E-state index contributed by atoms with van der Waals surface area (Å²) in [7, 11) is 0. The summed E-state index contributed by atoms with van der Waals surface area (Å²) in [6.07, 6.45) is 0. The van der Waals surface area contributed by atoms with Gasteiger partial charge in [-0.2, -0.15) is 0 Å². The van der Waals surface area contributed by atoms with Crippen LogP contribution in [0, 0.1) is 19.7 Å². The average Bonchev–Trinajstić information content (AvgIpc) is 2.69. The number of nitrogens with one attached hydrogen (secondary N) is 2. The number of aryl methyl sites for hydroxylation is 2. The SMILES string of the molecule is Cc1ccc(NC(=O)c2cccc(C(=O)NCc3ccccc3F)c2)c(C)c1. The predicted molar refractivity (Wildman–Crippen MR) is 108 cm³/mol. The Morgan fingerprint density at radius 2 is 1.57 bits per heavy atom. The third-order valence-corrected chi connectivity index (χ3v) is 4.41. The zero-order valence-electron chi connectivity index (χ0n) is 15.8. The molecule has 5 heteroatoms. The second kappa shape index (κ2) is 8.48. The fraction of sp³-hybridized carbons (Fsp3) is 0.130. The van der Waals surface area contributed by atoms with Gasteiger partial charge in [-0.15, -0.1) is 0 Å². The lowest BCUT2D eigenvalue weighted by molar-refractivity contribution is 0.0950. The fourth-order valence-corrected chi connectivity index (χ4v) is 2.87. The van der Waals surface area contributed by atoms with Gasteiger partial charge in [-0.25, -0.2) is 4.39 Å². The maximum absolute atomic E-state index is 13.7. The molecule has 0 saturated carbocycles. The van der Waals surface area contributed by atoms with E-state index in [0.717, 1.165) is 16.8 Å². The molecular weight excluding hydrogens is 355 g/mol. The Morgan fingerprint density at radius 1 is 0.857 bits per heavy atom. The molecule has 142 valence electrons.